The topological polar surface area (TPSA) is 0 Å². The molecule has 0 atom stereocenters. The Kier molecular flexibility index (Phi) is 9.07. The fraction of sp³-hybridized carbons (Fsp3) is 0. The molecule has 0 radical (unpaired) electrons. The van der Waals surface area contributed by atoms with Crippen LogP contribution in [0.3, 0.4) is 0 Å². The van der Waals surface area contributed by atoms with Gasteiger partial charge in [0.1, 0.15) is 0 Å². The summed E-state index contributed by atoms with van der Waals surface area (Å²) in [5.41, 5.74) is 0. The number of benzene rings is 6. The molecular weight excluding hydrogens is 638 g/mol. The van der Waals surface area contributed by atoms with Crippen molar-refractivity contribution >= 4 is 87.9 Å². The molecule has 0 nitrogen and oxygen atoms in total. The minimum absolute atomic E-state index is 0.851. The number of rotatable bonds is 8. The fourth-order valence-electron chi connectivity index (χ4n) is 5.18. The summed E-state index contributed by atoms with van der Waals surface area (Å²) in [6.45, 7) is 0. The number of hydrogen-bond donors (Lipinski definition) is 0. The first-order valence-corrected chi connectivity index (χ1v) is 23.8. The van der Waals surface area contributed by atoms with E-state index in [0.29, 0.717) is 0 Å². The Morgan fingerprint density at radius 1 is 0.317 bits per heavy atom. The van der Waals surface area contributed by atoms with Gasteiger partial charge < -0.3 is 0 Å². The molecule has 200 valence electrons. The fourth-order valence-corrected chi connectivity index (χ4v) is 21.4. The molecule has 41 heavy (non-hydrogen) atoms. The molecule has 0 aliphatic carbocycles. The molecule has 0 spiro atoms. The van der Waals surface area contributed by atoms with Crippen molar-refractivity contribution in [2.75, 3.05) is 0 Å². The van der Waals surface area contributed by atoms with Gasteiger partial charge in [-0.2, -0.15) is 0 Å². The predicted octanol–water partition coefficient (Wildman–Crippen LogP) is 6.24. The van der Waals surface area contributed by atoms with Crippen molar-refractivity contribution in [1.29, 1.82) is 0 Å². The van der Waals surface area contributed by atoms with E-state index in [1.807, 2.05) is 0 Å². The minimum atomic E-state index is -3.91. The summed E-state index contributed by atoms with van der Waals surface area (Å²) in [4.78, 5) is 0. The van der Waals surface area contributed by atoms with E-state index in [1.165, 1.54) is 31.8 Å². The molecule has 0 bridgehead atoms. The number of hydrogen-bond acceptors (Lipinski definition) is 0. The second-order valence-corrected chi connectivity index (χ2v) is 25.6. The Hall–Kier alpha value is -2.70. The summed E-state index contributed by atoms with van der Waals surface area (Å²) in [6.07, 6.45) is 0. The van der Waals surface area contributed by atoms with Crippen molar-refractivity contribution in [2.24, 2.45) is 0 Å². The average molecular weight is 666 g/mol. The quantitative estimate of drug-likeness (QED) is 0.134. The maximum atomic E-state index is 7.81. The molecule has 0 aromatic heterocycles. The van der Waals surface area contributed by atoms with Gasteiger partial charge in [-0.1, -0.05) is 0 Å². The monoisotopic (exact) mass is 666 g/mol. The van der Waals surface area contributed by atoms with Crippen molar-refractivity contribution in [1.82, 2.24) is 0 Å². The molecule has 0 amide bonds. The van der Waals surface area contributed by atoms with Crippen LogP contribution in [0.15, 0.2) is 170 Å². The van der Waals surface area contributed by atoms with Gasteiger partial charge in [-0.05, 0) is 0 Å². The molecular formula is C36H28Cl2GeP2. The Labute approximate surface area is 256 Å². The van der Waals surface area contributed by atoms with E-state index in [2.05, 4.69) is 170 Å². The van der Waals surface area contributed by atoms with Gasteiger partial charge in [0.15, 0.2) is 0 Å². The van der Waals surface area contributed by atoms with Crippen molar-refractivity contribution in [2.45, 2.75) is 0 Å². The molecule has 0 unspecified atom stereocenters. The van der Waals surface area contributed by atoms with Gasteiger partial charge >= 0.3 is 258 Å². The van der Waals surface area contributed by atoms with Crippen LogP contribution in [0.25, 0.3) is 0 Å². The summed E-state index contributed by atoms with van der Waals surface area (Å²) in [5.74, 6) is 0. The molecule has 5 heteroatoms. The molecule has 0 saturated heterocycles. The van der Waals surface area contributed by atoms with Crippen LogP contribution in [-0.4, -0.2) is 11.4 Å². The molecule has 0 N–H and O–H groups in total. The van der Waals surface area contributed by atoms with Crippen LogP contribution in [0.4, 0.5) is 0 Å². The molecule has 6 aromatic carbocycles. The van der Waals surface area contributed by atoms with Crippen LogP contribution in [0.5, 0.6) is 0 Å². The van der Waals surface area contributed by atoms with Gasteiger partial charge in [0.05, 0.1) is 0 Å². The first-order chi connectivity index (χ1) is 20.1. The van der Waals surface area contributed by atoms with E-state index in [1.54, 1.807) is 0 Å². The van der Waals surface area contributed by atoms with Gasteiger partial charge in [-0.15, -0.1) is 0 Å². The van der Waals surface area contributed by atoms with Gasteiger partial charge in [0, 0.05) is 0 Å². The van der Waals surface area contributed by atoms with Crippen molar-refractivity contribution in [3.8, 4) is 0 Å². The Morgan fingerprint density at radius 3 is 0.854 bits per heavy atom. The summed E-state index contributed by atoms with van der Waals surface area (Å²) >= 11 is -3.91. The first kappa shape index (κ1) is 28.4. The van der Waals surface area contributed by atoms with Crippen LogP contribution in [0.1, 0.15) is 0 Å². The van der Waals surface area contributed by atoms with E-state index >= 15 is 0 Å². The van der Waals surface area contributed by atoms with Crippen LogP contribution >= 0.6 is 35.9 Å². The molecule has 6 rings (SSSR count). The summed E-state index contributed by atoms with van der Waals surface area (Å²) in [5, 5.41) is 7.63. The molecule has 0 saturated carbocycles. The second-order valence-electron chi connectivity index (χ2n) is 9.62. The van der Waals surface area contributed by atoms with E-state index in [9.17, 15) is 0 Å². The van der Waals surface area contributed by atoms with Crippen molar-refractivity contribution in [3.05, 3.63) is 170 Å². The molecule has 0 aliphatic rings. The van der Waals surface area contributed by atoms with Gasteiger partial charge in [0.2, 0.25) is 0 Å². The van der Waals surface area contributed by atoms with Crippen LogP contribution < -0.4 is 40.6 Å². The Morgan fingerprint density at radius 2 is 0.561 bits per heavy atom. The van der Waals surface area contributed by atoms with Crippen LogP contribution in [0, 0.1) is 0 Å². The van der Waals surface area contributed by atoms with E-state index in [0.717, 1.165) is 8.79 Å². The molecule has 0 aliphatic heterocycles. The third-order valence-corrected chi connectivity index (χ3v) is 21.8. The zero-order valence-electron chi connectivity index (χ0n) is 22.3. The predicted molar refractivity (Wildman–Crippen MR) is 187 cm³/mol. The standard InChI is InChI=1S/C36H28Cl2GeP2/c37-39(38,33-25-13-15-27-35(33)40(29-17-5-1-6-18-29)30-19-7-2-8-20-30)34-26-14-16-28-36(34)41(31-21-9-3-10-22-31)32-23-11-4-12-24-32/h1-28H. The van der Waals surface area contributed by atoms with Crippen molar-refractivity contribution < 1.29 is 0 Å². The molecule has 0 heterocycles. The van der Waals surface area contributed by atoms with Gasteiger partial charge in [-0.3, -0.25) is 0 Å². The Bertz CT molecular complexity index is 1510. The normalized spacial score (nSPS) is 11.6. The number of halogens is 2. The second kappa shape index (κ2) is 13.1. The van der Waals surface area contributed by atoms with Crippen molar-refractivity contribution in [3.63, 3.8) is 0 Å². The molecule has 0 fully saturated rings. The van der Waals surface area contributed by atoms with E-state index in [-0.39, 0.29) is 0 Å². The van der Waals surface area contributed by atoms with Gasteiger partial charge in [0.25, 0.3) is 0 Å². The average Bonchev–Trinajstić information content (AvgIpc) is 3.04. The Balaban J connectivity index is 1.55. The van der Waals surface area contributed by atoms with E-state index in [4.69, 9.17) is 20.0 Å². The summed E-state index contributed by atoms with van der Waals surface area (Å²) < 4.78 is 2.22. The maximum absolute atomic E-state index is 7.81. The third-order valence-electron chi connectivity index (χ3n) is 7.02. The van der Waals surface area contributed by atoms with Gasteiger partial charge in [-0.25, -0.2) is 0 Å². The van der Waals surface area contributed by atoms with Crippen LogP contribution in [-0.2, 0) is 0 Å². The third kappa shape index (κ3) is 6.10. The summed E-state index contributed by atoms with van der Waals surface area (Å²) in [7, 11) is 13.9. The van der Waals surface area contributed by atoms with E-state index < -0.39 is 27.3 Å². The zero-order valence-corrected chi connectivity index (χ0v) is 27.7. The first-order valence-electron chi connectivity index (χ1n) is 13.5. The van der Waals surface area contributed by atoms with Crippen LogP contribution in [0.2, 0.25) is 0 Å². The molecule has 6 aromatic rings. The zero-order chi connectivity index (χ0) is 28.1. The SMILES string of the molecule is [Cl][Ge]([Cl])([c]1ccccc1P(c1ccccc1)c1ccccc1)[c]1ccccc1P(c1ccccc1)c1ccccc1. The summed E-state index contributed by atoms with van der Waals surface area (Å²) in [6, 6.07) is 60.3.